The van der Waals surface area contributed by atoms with Gasteiger partial charge in [0, 0.05) is 41.0 Å². The molecule has 4 nitrogen and oxygen atoms in total. The third-order valence-corrected chi connectivity index (χ3v) is 6.21. The molecule has 0 spiro atoms. The van der Waals surface area contributed by atoms with Gasteiger partial charge in [0.05, 0.1) is 5.56 Å². The van der Waals surface area contributed by atoms with Gasteiger partial charge in [-0.1, -0.05) is 57.9 Å². The van der Waals surface area contributed by atoms with Gasteiger partial charge in [-0.15, -0.1) is 0 Å². The molecule has 1 aliphatic carbocycles. The second-order valence-corrected chi connectivity index (χ2v) is 8.21. The average Bonchev–Trinajstić information content (AvgIpc) is 2.95. The molecule has 4 heteroatoms. The summed E-state index contributed by atoms with van der Waals surface area (Å²) in [7, 11) is 0. The summed E-state index contributed by atoms with van der Waals surface area (Å²) in [4.78, 5) is 16.8. The Kier molecular flexibility index (Phi) is 7.30. The fourth-order valence-corrected chi connectivity index (χ4v) is 4.87. The normalized spacial score (nSPS) is 15.9. The highest BCUT2D eigenvalue weighted by molar-refractivity contribution is 6.02. The minimum absolute atomic E-state index is 0.322. The summed E-state index contributed by atoms with van der Waals surface area (Å²) in [6.45, 7) is 4.32. The van der Waals surface area contributed by atoms with Gasteiger partial charge < -0.3 is 10.3 Å². The van der Waals surface area contributed by atoms with Gasteiger partial charge in [0.2, 0.25) is 0 Å². The van der Waals surface area contributed by atoms with Gasteiger partial charge in [-0.05, 0) is 38.7 Å². The lowest BCUT2D eigenvalue weighted by atomic mass is 9.95. The van der Waals surface area contributed by atoms with E-state index in [9.17, 15) is 4.79 Å². The molecule has 3 rings (SSSR count). The van der Waals surface area contributed by atoms with E-state index >= 15 is 0 Å². The first kappa shape index (κ1) is 20.6. The number of pyridine rings is 1. The van der Waals surface area contributed by atoms with Crippen LogP contribution in [0.25, 0.3) is 11.1 Å². The molecule has 0 aliphatic heterocycles. The summed E-state index contributed by atoms with van der Waals surface area (Å²) in [5.41, 5.74) is 11.0. The van der Waals surface area contributed by atoms with Crippen LogP contribution >= 0.6 is 0 Å². The molecule has 2 N–H and O–H groups in total. The van der Waals surface area contributed by atoms with Crippen molar-refractivity contribution < 1.29 is 4.79 Å². The van der Waals surface area contributed by atoms with Gasteiger partial charge in [0.15, 0.2) is 0 Å². The molecule has 0 atom stereocenters. The summed E-state index contributed by atoms with van der Waals surface area (Å²) in [5.74, 6) is -0.322. The first-order valence-electron chi connectivity index (χ1n) is 11.1. The molecule has 0 bridgehead atoms. The Hall–Kier alpha value is -2.10. The highest BCUT2D eigenvalue weighted by Crippen LogP contribution is 2.38. The number of rotatable bonds is 7. The third kappa shape index (κ3) is 4.48. The molecule has 1 saturated carbocycles. The Morgan fingerprint density at radius 1 is 1.18 bits per heavy atom. The minimum atomic E-state index is -0.322. The molecule has 2 heterocycles. The van der Waals surface area contributed by atoms with E-state index in [0.717, 1.165) is 29.7 Å². The van der Waals surface area contributed by atoms with Gasteiger partial charge in [0.1, 0.15) is 0 Å². The first-order chi connectivity index (χ1) is 13.6. The van der Waals surface area contributed by atoms with E-state index in [2.05, 4.69) is 29.5 Å². The number of unbranched alkanes of at least 4 members (excludes halogenated alkanes) is 2. The molecule has 2 aromatic heterocycles. The molecule has 152 valence electrons. The van der Waals surface area contributed by atoms with E-state index in [1.54, 1.807) is 6.20 Å². The van der Waals surface area contributed by atoms with Crippen LogP contribution in [0.1, 0.15) is 98.9 Å². The van der Waals surface area contributed by atoms with E-state index in [1.807, 2.05) is 12.3 Å². The number of nitrogens with zero attached hydrogens (tertiary/aromatic N) is 2. The van der Waals surface area contributed by atoms with Crippen molar-refractivity contribution in [2.75, 3.05) is 0 Å². The summed E-state index contributed by atoms with van der Waals surface area (Å²) >= 11 is 0. The van der Waals surface area contributed by atoms with Crippen molar-refractivity contribution in [3.05, 3.63) is 41.5 Å². The first-order valence-corrected chi connectivity index (χ1v) is 11.1. The Bertz CT molecular complexity index is 771. The largest absolute Gasteiger partial charge is 0.366 e. The van der Waals surface area contributed by atoms with Gasteiger partial charge >= 0.3 is 0 Å². The zero-order valence-electron chi connectivity index (χ0n) is 17.5. The SMILES string of the molecule is CCCCCc1c(-c2cccnc2)c(C(N)=O)c(C)n1C1CCCCCCC1. The minimum Gasteiger partial charge on any atom is -0.366 e. The number of hydrogen-bond acceptors (Lipinski definition) is 2. The van der Waals surface area contributed by atoms with E-state index in [1.165, 1.54) is 63.5 Å². The molecule has 0 aromatic carbocycles. The molecule has 0 saturated heterocycles. The van der Waals surface area contributed by atoms with Crippen molar-refractivity contribution in [1.29, 1.82) is 0 Å². The Morgan fingerprint density at radius 2 is 1.89 bits per heavy atom. The molecule has 1 amide bonds. The molecule has 28 heavy (non-hydrogen) atoms. The van der Waals surface area contributed by atoms with Crippen LogP contribution in [0.15, 0.2) is 24.5 Å². The van der Waals surface area contributed by atoms with Crippen LogP contribution in [0.4, 0.5) is 0 Å². The Balaban J connectivity index is 2.14. The zero-order chi connectivity index (χ0) is 19.9. The van der Waals surface area contributed by atoms with Crippen molar-refractivity contribution in [2.24, 2.45) is 5.73 Å². The zero-order valence-corrected chi connectivity index (χ0v) is 17.5. The Labute approximate surface area is 169 Å². The highest BCUT2D eigenvalue weighted by Gasteiger charge is 2.28. The van der Waals surface area contributed by atoms with E-state index in [0.29, 0.717) is 11.6 Å². The van der Waals surface area contributed by atoms with Gasteiger partial charge in [-0.25, -0.2) is 0 Å². The number of aromatic nitrogens is 2. The maximum atomic E-state index is 12.5. The molecule has 0 radical (unpaired) electrons. The highest BCUT2D eigenvalue weighted by atomic mass is 16.1. The maximum absolute atomic E-state index is 12.5. The lowest BCUT2D eigenvalue weighted by molar-refractivity contribution is 0.1000. The Morgan fingerprint density at radius 3 is 2.50 bits per heavy atom. The number of hydrogen-bond donors (Lipinski definition) is 1. The fraction of sp³-hybridized carbons (Fsp3) is 0.583. The van der Waals surface area contributed by atoms with Gasteiger partial charge in [-0.2, -0.15) is 0 Å². The lowest BCUT2D eigenvalue weighted by Gasteiger charge is -2.26. The van der Waals surface area contributed by atoms with Crippen molar-refractivity contribution in [3.8, 4) is 11.1 Å². The van der Waals surface area contributed by atoms with E-state index in [4.69, 9.17) is 5.73 Å². The summed E-state index contributed by atoms with van der Waals surface area (Å²) in [6, 6.07) is 4.47. The van der Waals surface area contributed by atoms with Crippen LogP contribution in [-0.4, -0.2) is 15.5 Å². The predicted octanol–water partition coefficient (Wildman–Crippen LogP) is 5.98. The van der Waals surface area contributed by atoms with Crippen molar-refractivity contribution in [2.45, 2.75) is 90.5 Å². The summed E-state index contributed by atoms with van der Waals surface area (Å²) in [5, 5.41) is 0. The van der Waals surface area contributed by atoms with Crippen LogP contribution in [0.3, 0.4) is 0 Å². The second-order valence-electron chi connectivity index (χ2n) is 8.21. The topological polar surface area (TPSA) is 60.9 Å². The van der Waals surface area contributed by atoms with Crippen molar-refractivity contribution >= 4 is 5.91 Å². The van der Waals surface area contributed by atoms with Crippen LogP contribution in [-0.2, 0) is 6.42 Å². The number of carbonyl (C=O) groups excluding carboxylic acids is 1. The fourth-order valence-electron chi connectivity index (χ4n) is 4.87. The summed E-state index contributed by atoms with van der Waals surface area (Å²) < 4.78 is 2.49. The van der Waals surface area contributed by atoms with Crippen molar-refractivity contribution in [1.82, 2.24) is 9.55 Å². The maximum Gasteiger partial charge on any atom is 0.251 e. The van der Waals surface area contributed by atoms with Crippen LogP contribution in [0.2, 0.25) is 0 Å². The van der Waals surface area contributed by atoms with Gasteiger partial charge in [-0.3, -0.25) is 9.78 Å². The molecular formula is C24H35N3O. The van der Waals surface area contributed by atoms with Gasteiger partial charge in [0.25, 0.3) is 5.91 Å². The van der Waals surface area contributed by atoms with Crippen LogP contribution in [0.5, 0.6) is 0 Å². The lowest BCUT2D eigenvalue weighted by Crippen LogP contribution is -2.17. The molecule has 0 unspecified atom stereocenters. The second kappa shape index (κ2) is 9.90. The third-order valence-electron chi connectivity index (χ3n) is 6.21. The molecule has 1 aliphatic rings. The quantitative estimate of drug-likeness (QED) is 0.600. The number of carbonyl (C=O) groups is 1. The molecule has 2 aromatic rings. The smallest absolute Gasteiger partial charge is 0.251 e. The monoisotopic (exact) mass is 381 g/mol. The number of primary amides is 1. The summed E-state index contributed by atoms with van der Waals surface area (Å²) in [6.07, 6.45) is 17.1. The van der Waals surface area contributed by atoms with E-state index in [-0.39, 0.29) is 5.91 Å². The van der Waals surface area contributed by atoms with Crippen LogP contribution < -0.4 is 5.73 Å². The molecule has 1 fully saturated rings. The number of nitrogens with two attached hydrogens (primary N) is 1. The van der Waals surface area contributed by atoms with E-state index < -0.39 is 0 Å². The van der Waals surface area contributed by atoms with Crippen molar-refractivity contribution in [3.63, 3.8) is 0 Å². The van der Waals surface area contributed by atoms with Crippen LogP contribution in [0, 0.1) is 6.92 Å². The predicted molar refractivity (Wildman–Crippen MR) is 116 cm³/mol. The standard InChI is InChI=1S/C24H35N3O/c1-3-4-8-15-21-23(19-12-11-16-26-17-19)22(24(25)28)18(2)27(21)20-13-9-6-5-7-10-14-20/h11-12,16-17,20H,3-10,13-15H2,1-2H3,(H2,25,28). The number of amides is 1. The molecular weight excluding hydrogens is 346 g/mol. The average molecular weight is 382 g/mol.